The number of rotatable bonds is 4. The van der Waals surface area contributed by atoms with E-state index in [-0.39, 0.29) is 6.03 Å². The molecule has 2 amide bonds. The number of anilines is 1. The second kappa shape index (κ2) is 7.77. The molecule has 2 fully saturated rings. The van der Waals surface area contributed by atoms with Gasteiger partial charge in [-0.25, -0.2) is 4.79 Å². The molecule has 1 N–H and O–H groups in total. The molecular formula is C19H29N3O2. The predicted octanol–water partition coefficient (Wildman–Crippen LogP) is 3.11. The van der Waals surface area contributed by atoms with E-state index >= 15 is 0 Å². The maximum absolute atomic E-state index is 12.4. The van der Waals surface area contributed by atoms with Crippen molar-refractivity contribution in [3.8, 4) is 5.75 Å². The van der Waals surface area contributed by atoms with Crippen LogP contribution in [0.5, 0.6) is 5.75 Å². The van der Waals surface area contributed by atoms with Gasteiger partial charge in [0.25, 0.3) is 0 Å². The maximum Gasteiger partial charge on any atom is 0.317 e. The number of ether oxygens (including phenoxy) is 1. The number of carbonyl (C=O) groups is 1. The van der Waals surface area contributed by atoms with E-state index in [1.807, 2.05) is 23.1 Å². The van der Waals surface area contributed by atoms with Crippen molar-refractivity contribution >= 4 is 11.7 Å². The van der Waals surface area contributed by atoms with Crippen LogP contribution < -0.4 is 15.0 Å². The normalized spacial score (nSPS) is 24.1. The van der Waals surface area contributed by atoms with Crippen LogP contribution in [-0.4, -0.2) is 50.3 Å². The number of hydrogen-bond donors (Lipinski definition) is 1. The van der Waals surface area contributed by atoms with Gasteiger partial charge in [-0.3, -0.25) is 0 Å². The van der Waals surface area contributed by atoms with Crippen LogP contribution >= 0.6 is 0 Å². The Labute approximate surface area is 145 Å². The quantitative estimate of drug-likeness (QED) is 0.922. The summed E-state index contributed by atoms with van der Waals surface area (Å²) >= 11 is 0. The summed E-state index contributed by atoms with van der Waals surface area (Å²) in [5.74, 6) is 1.42. The monoisotopic (exact) mass is 331 g/mol. The first kappa shape index (κ1) is 16.9. The lowest BCUT2D eigenvalue weighted by atomic mass is 10.0. The van der Waals surface area contributed by atoms with Crippen molar-refractivity contribution in [3.63, 3.8) is 0 Å². The smallest absolute Gasteiger partial charge is 0.317 e. The van der Waals surface area contributed by atoms with Crippen molar-refractivity contribution in [2.24, 2.45) is 5.92 Å². The first-order valence-electron chi connectivity index (χ1n) is 9.11. The highest BCUT2D eigenvalue weighted by Crippen LogP contribution is 2.31. The highest BCUT2D eigenvalue weighted by Gasteiger charge is 2.27. The number of likely N-dealkylation sites (tertiary alicyclic amines) is 1. The minimum atomic E-state index is 0.109. The molecule has 2 aliphatic rings. The Morgan fingerprint density at radius 3 is 2.88 bits per heavy atom. The lowest BCUT2D eigenvalue weighted by Gasteiger charge is -2.33. The topological polar surface area (TPSA) is 44.8 Å². The molecule has 2 saturated heterocycles. The van der Waals surface area contributed by atoms with Gasteiger partial charge in [0.2, 0.25) is 0 Å². The van der Waals surface area contributed by atoms with Crippen molar-refractivity contribution in [1.82, 2.24) is 10.2 Å². The molecule has 132 valence electrons. The minimum absolute atomic E-state index is 0.109. The fourth-order valence-corrected chi connectivity index (χ4v) is 3.84. The third-order valence-electron chi connectivity index (χ3n) is 5.32. The molecule has 2 aliphatic heterocycles. The van der Waals surface area contributed by atoms with Crippen LogP contribution in [0.2, 0.25) is 0 Å². The van der Waals surface area contributed by atoms with E-state index in [9.17, 15) is 4.79 Å². The zero-order valence-corrected chi connectivity index (χ0v) is 14.8. The van der Waals surface area contributed by atoms with Gasteiger partial charge in [-0.05, 0) is 50.7 Å². The molecule has 5 nitrogen and oxygen atoms in total. The molecule has 0 aromatic heterocycles. The molecule has 0 saturated carbocycles. The lowest BCUT2D eigenvalue weighted by molar-refractivity contribution is 0.157. The molecule has 2 atom stereocenters. The van der Waals surface area contributed by atoms with Gasteiger partial charge in [0.05, 0.1) is 12.8 Å². The molecule has 0 aliphatic carbocycles. The summed E-state index contributed by atoms with van der Waals surface area (Å²) in [6.45, 7) is 5.79. The number of carbonyl (C=O) groups excluding carboxylic acids is 1. The van der Waals surface area contributed by atoms with Crippen LogP contribution in [0.4, 0.5) is 10.5 Å². The van der Waals surface area contributed by atoms with Crippen LogP contribution in [0.3, 0.4) is 0 Å². The van der Waals surface area contributed by atoms with Crippen LogP contribution in [-0.2, 0) is 0 Å². The number of hydrogen-bond acceptors (Lipinski definition) is 3. The predicted molar refractivity (Wildman–Crippen MR) is 96.7 cm³/mol. The van der Waals surface area contributed by atoms with Crippen LogP contribution in [0.1, 0.15) is 32.6 Å². The third-order valence-corrected chi connectivity index (χ3v) is 5.32. The highest BCUT2D eigenvalue weighted by molar-refractivity contribution is 5.74. The number of para-hydroxylation sites is 2. The molecule has 0 bridgehead atoms. The Kier molecular flexibility index (Phi) is 5.48. The Bertz CT molecular complexity index is 563. The van der Waals surface area contributed by atoms with Crippen LogP contribution in [0.25, 0.3) is 0 Å². The zero-order valence-electron chi connectivity index (χ0n) is 14.8. The molecule has 24 heavy (non-hydrogen) atoms. The molecule has 2 heterocycles. The van der Waals surface area contributed by atoms with Gasteiger partial charge in [-0.15, -0.1) is 0 Å². The van der Waals surface area contributed by atoms with Gasteiger partial charge >= 0.3 is 6.03 Å². The molecule has 3 rings (SSSR count). The van der Waals surface area contributed by atoms with Crippen molar-refractivity contribution in [3.05, 3.63) is 24.3 Å². The van der Waals surface area contributed by atoms with E-state index in [0.29, 0.717) is 12.0 Å². The van der Waals surface area contributed by atoms with E-state index in [4.69, 9.17) is 4.74 Å². The lowest BCUT2D eigenvalue weighted by Crippen LogP contribution is -2.48. The van der Waals surface area contributed by atoms with Crippen LogP contribution in [0, 0.1) is 5.92 Å². The SMILES string of the molecule is COc1ccccc1N1CC[C@H](CNC(=O)N2CCCC[C@@H]2C)C1. The number of piperidine rings is 1. The third kappa shape index (κ3) is 3.77. The van der Waals surface area contributed by atoms with Gasteiger partial charge in [0.15, 0.2) is 0 Å². The zero-order chi connectivity index (χ0) is 16.9. The minimum Gasteiger partial charge on any atom is -0.495 e. The van der Waals surface area contributed by atoms with Crippen molar-refractivity contribution in [1.29, 1.82) is 0 Å². The molecule has 1 aromatic rings. The molecule has 0 unspecified atom stereocenters. The summed E-state index contributed by atoms with van der Waals surface area (Å²) in [7, 11) is 1.71. The van der Waals surface area contributed by atoms with E-state index in [1.54, 1.807) is 7.11 Å². The molecule has 0 spiro atoms. The second-order valence-corrected chi connectivity index (χ2v) is 7.00. The fourth-order valence-electron chi connectivity index (χ4n) is 3.84. The molecule has 0 radical (unpaired) electrons. The number of amides is 2. The first-order chi connectivity index (χ1) is 11.7. The van der Waals surface area contributed by atoms with Crippen molar-refractivity contribution in [2.75, 3.05) is 38.2 Å². The summed E-state index contributed by atoms with van der Waals surface area (Å²) < 4.78 is 5.46. The standard InChI is InChI=1S/C19H29N3O2/c1-15-7-5-6-11-22(15)19(23)20-13-16-10-12-21(14-16)17-8-3-4-9-18(17)24-2/h3-4,8-9,15-16H,5-7,10-14H2,1-2H3,(H,20,23)/t15-,16+/m0/s1. The van der Waals surface area contributed by atoms with Crippen molar-refractivity contribution < 1.29 is 9.53 Å². The summed E-state index contributed by atoms with van der Waals surface area (Å²) in [5, 5.41) is 3.15. The maximum atomic E-state index is 12.4. The summed E-state index contributed by atoms with van der Waals surface area (Å²) in [6.07, 6.45) is 4.59. The Hall–Kier alpha value is -1.91. The summed E-state index contributed by atoms with van der Waals surface area (Å²) in [4.78, 5) is 16.8. The van der Waals surface area contributed by atoms with E-state index in [1.165, 1.54) is 6.42 Å². The van der Waals surface area contributed by atoms with Crippen molar-refractivity contribution in [2.45, 2.75) is 38.6 Å². The number of nitrogens with zero attached hydrogens (tertiary/aromatic N) is 2. The fraction of sp³-hybridized carbons (Fsp3) is 0.632. The number of benzene rings is 1. The van der Waals surface area contributed by atoms with E-state index < -0.39 is 0 Å². The number of nitrogens with one attached hydrogen (secondary N) is 1. The van der Waals surface area contributed by atoms with Gasteiger partial charge in [-0.1, -0.05) is 12.1 Å². The molecule has 5 heteroatoms. The summed E-state index contributed by atoms with van der Waals surface area (Å²) in [6, 6.07) is 8.63. The number of urea groups is 1. The Morgan fingerprint density at radius 2 is 2.08 bits per heavy atom. The van der Waals surface area contributed by atoms with E-state index in [2.05, 4.69) is 23.2 Å². The van der Waals surface area contributed by atoms with Crippen LogP contribution in [0.15, 0.2) is 24.3 Å². The highest BCUT2D eigenvalue weighted by atomic mass is 16.5. The largest absolute Gasteiger partial charge is 0.495 e. The first-order valence-corrected chi connectivity index (χ1v) is 9.11. The molecule has 1 aromatic carbocycles. The Morgan fingerprint density at radius 1 is 1.25 bits per heavy atom. The van der Waals surface area contributed by atoms with Gasteiger partial charge < -0.3 is 19.9 Å². The average molecular weight is 331 g/mol. The average Bonchev–Trinajstić information content (AvgIpc) is 3.09. The molecular weight excluding hydrogens is 302 g/mol. The Balaban J connectivity index is 1.50. The van der Waals surface area contributed by atoms with Gasteiger partial charge in [-0.2, -0.15) is 0 Å². The second-order valence-electron chi connectivity index (χ2n) is 7.00. The van der Waals surface area contributed by atoms with Gasteiger partial charge in [0, 0.05) is 32.2 Å². The van der Waals surface area contributed by atoms with E-state index in [0.717, 1.165) is 56.9 Å². The summed E-state index contributed by atoms with van der Waals surface area (Å²) in [5.41, 5.74) is 1.15. The number of methoxy groups -OCH3 is 1. The van der Waals surface area contributed by atoms with Gasteiger partial charge in [0.1, 0.15) is 5.75 Å².